The van der Waals surface area contributed by atoms with E-state index in [9.17, 15) is 5.11 Å². The fraction of sp³-hybridized carbons (Fsp3) is 0.125. The molecule has 19 heavy (non-hydrogen) atoms. The van der Waals surface area contributed by atoms with Gasteiger partial charge in [0.1, 0.15) is 0 Å². The van der Waals surface area contributed by atoms with Crippen LogP contribution in [-0.2, 0) is 0 Å². The van der Waals surface area contributed by atoms with Crippen molar-refractivity contribution in [2.75, 3.05) is 0 Å². The maximum atomic E-state index is 10.5. The Morgan fingerprint density at radius 2 is 1.74 bits per heavy atom. The Labute approximate surface area is 125 Å². The van der Waals surface area contributed by atoms with E-state index < -0.39 is 6.10 Å². The van der Waals surface area contributed by atoms with Crippen molar-refractivity contribution >= 4 is 41.2 Å². The van der Waals surface area contributed by atoms with E-state index in [0.717, 1.165) is 17.6 Å². The second kappa shape index (κ2) is 6.09. The van der Waals surface area contributed by atoms with Crippen LogP contribution in [0.5, 0.6) is 0 Å². The molecular weight excluding hydrogens is 366 g/mol. The van der Waals surface area contributed by atoms with E-state index in [0.29, 0.717) is 29.0 Å². The van der Waals surface area contributed by atoms with Crippen LogP contribution in [0.2, 0.25) is 0 Å². The molecule has 0 aliphatic heterocycles. The maximum absolute atomic E-state index is 10.5. The molecule has 1 N–H and O–H groups in total. The molecule has 0 radical (unpaired) electrons. The molecule has 2 aromatic rings. The number of aliphatic hydroxyl groups excluding tert-OH is 1. The van der Waals surface area contributed by atoms with Crippen LogP contribution in [0.15, 0.2) is 57.4 Å². The van der Waals surface area contributed by atoms with Crippen LogP contribution >= 0.6 is 0 Å². The predicted octanol–water partition coefficient (Wildman–Crippen LogP) is 2.59. The van der Waals surface area contributed by atoms with Gasteiger partial charge in [-0.15, -0.1) is 0 Å². The molecule has 96 valence electrons. The van der Waals surface area contributed by atoms with Gasteiger partial charge in [-0.25, -0.2) is 0 Å². The number of allylic oxidation sites excluding steroid dienone is 1. The van der Waals surface area contributed by atoms with Gasteiger partial charge in [-0.3, -0.25) is 0 Å². The minimum absolute atomic E-state index is 0.433. The van der Waals surface area contributed by atoms with Crippen LogP contribution in [0.4, 0.5) is 0 Å². The number of aliphatic hydroxyl groups is 1. The molecule has 0 saturated heterocycles. The summed E-state index contributed by atoms with van der Waals surface area (Å²) in [6.45, 7) is 0. The van der Waals surface area contributed by atoms with Gasteiger partial charge >= 0.3 is 125 Å². The van der Waals surface area contributed by atoms with Crippen LogP contribution < -0.4 is 0 Å². The number of rotatable bonds is 2. The van der Waals surface area contributed by atoms with E-state index in [-0.39, 0.29) is 0 Å². The van der Waals surface area contributed by atoms with Crippen molar-refractivity contribution in [3.8, 4) is 0 Å². The zero-order valence-electron chi connectivity index (χ0n) is 10.3. The van der Waals surface area contributed by atoms with Crippen LogP contribution in [0, 0.1) is 0 Å². The van der Waals surface area contributed by atoms with Crippen LogP contribution in [0.25, 0.3) is 12.2 Å². The van der Waals surface area contributed by atoms with Gasteiger partial charge in [0.05, 0.1) is 0 Å². The minimum atomic E-state index is -0.445. The fourth-order valence-electron chi connectivity index (χ4n) is 2.11. The van der Waals surface area contributed by atoms with Crippen LogP contribution in [0.3, 0.4) is 0 Å². The Kier molecular flexibility index (Phi) is 4.22. The van der Waals surface area contributed by atoms with Gasteiger partial charge in [0.2, 0.25) is 0 Å². The second-order valence-corrected chi connectivity index (χ2v) is 8.51. The third-order valence-electron chi connectivity index (χ3n) is 3.05. The van der Waals surface area contributed by atoms with Crippen LogP contribution in [-0.4, -0.2) is 40.2 Å². The molecule has 1 aliphatic rings. The summed E-state index contributed by atoms with van der Waals surface area (Å²) in [5.74, 6) is 0. The summed E-state index contributed by atoms with van der Waals surface area (Å²) in [7, 11) is 0. The molecule has 1 atom stereocenters. The molecule has 0 bridgehead atoms. The van der Waals surface area contributed by atoms with Gasteiger partial charge in [0.25, 0.3) is 0 Å². The molecule has 0 amide bonds. The standard InChI is InChI=1S/C16H14OSe2/c17-16-12(10-14-6-2-8-18-14)4-1-5-13(16)11-15-7-3-9-19-15/h1-4,6-11,16-17H,5H2. The van der Waals surface area contributed by atoms with Crippen molar-refractivity contribution in [3.05, 3.63) is 66.3 Å². The summed E-state index contributed by atoms with van der Waals surface area (Å²) in [6.07, 6.45) is 8.93. The summed E-state index contributed by atoms with van der Waals surface area (Å²) in [5.41, 5.74) is 2.14. The van der Waals surface area contributed by atoms with Gasteiger partial charge in [-0.1, -0.05) is 0 Å². The molecular formula is C16H14OSe2. The van der Waals surface area contributed by atoms with E-state index >= 15 is 0 Å². The summed E-state index contributed by atoms with van der Waals surface area (Å²) in [5, 5.41) is 10.5. The average Bonchev–Trinajstić information content (AvgIpc) is 3.07. The zero-order chi connectivity index (χ0) is 13.1. The third-order valence-corrected chi connectivity index (χ3v) is 6.49. The summed E-state index contributed by atoms with van der Waals surface area (Å²) < 4.78 is 2.68. The van der Waals surface area contributed by atoms with E-state index in [1.165, 1.54) is 8.87 Å². The molecule has 0 fully saturated rings. The second-order valence-electron chi connectivity index (χ2n) is 4.40. The molecule has 2 heterocycles. The van der Waals surface area contributed by atoms with Crippen molar-refractivity contribution in [1.82, 2.24) is 0 Å². The first-order chi connectivity index (χ1) is 9.33. The average molecular weight is 380 g/mol. The van der Waals surface area contributed by atoms with Crippen molar-refractivity contribution in [2.45, 2.75) is 12.5 Å². The fourth-order valence-corrected chi connectivity index (χ4v) is 4.97. The van der Waals surface area contributed by atoms with E-state index in [4.69, 9.17) is 0 Å². The Morgan fingerprint density at radius 3 is 2.37 bits per heavy atom. The van der Waals surface area contributed by atoms with Crippen molar-refractivity contribution in [2.24, 2.45) is 0 Å². The van der Waals surface area contributed by atoms with E-state index in [1.807, 2.05) is 0 Å². The summed E-state index contributed by atoms with van der Waals surface area (Å²) in [4.78, 5) is 4.41. The number of hydrogen-bond donors (Lipinski definition) is 1. The van der Waals surface area contributed by atoms with Crippen molar-refractivity contribution < 1.29 is 5.11 Å². The van der Waals surface area contributed by atoms with Gasteiger partial charge in [-0.2, -0.15) is 0 Å². The van der Waals surface area contributed by atoms with Gasteiger partial charge in [0.15, 0.2) is 0 Å². The molecule has 3 rings (SSSR count). The summed E-state index contributed by atoms with van der Waals surface area (Å²) in [6, 6.07) is 8.48. The van der Waals surface area contributed by atoms with Gasteiger partial charge < -0.3 is 0 Å². The quantitative estimate of drug-likeness (QED) is 0.795. The Hall–Kier alpha value is -0.821. The SMILES string of the molecule is OC1C(=Cc2ccc[se]2)C=CCC1=Cc1ccc[se]1. The zero-order valence-corrected chi connectivity index (χ0v) is 13.7. The molecule has 0 saturated carbocycles. The first-order valence-corrected chi connectivity index (χ1v) is 9.86. The van der Waals surface area contributed by atoms with Gasteiger partial charge in [-0.05, 0) is 0 Å². The molecule has 3 heteroatoms. The van der Waals surface area contributed by atoms with Crippen LogP contribution in [0.1, 0.15) is 15.3 Å². The molecule has 1 unspecified atom stereocenters. The Bertz CT molecular complexity index is 616. The van der Waals surface area contributed by atoms with Gasteiger partial charge in [0, 0.05) is 0 Å². The molecule has 1 aliphatic carbocycles. The Morgan fingerprint density at radius 1 is 1.05 bits per heavy atom. The topological polar surface area (TPSA) is 20.2 Å². The molecule has 1 nitrogen and oxygen atoms in total. The summed E-state index contributed by atoms with van der Waals surface area (Å²) >= 11 is 0.877. The Balaban J connectivity index is 1.89. The number of hydrogen-bond acceptors (Lipinski definition) is 1. The first-order valence-electron chi connectivity index (χ1n) is 6.16. The third kappa shape index (κ3) is 3.20. The van der Waals surface area contributed by atoms with E-state index in [2.05, 4.69) is 58.5 Å². The van der Waals surface area contributed by atoms with E-state index in [1.54, 1.807) is 0 Å². The predicted molar refractivity (Wildman–Crippen MR) is 82.5 cm³/mol. The van der Waals surface area contributed by atoms with Crippen molar-refractivity contribution in [3.63, 3.8) is 0 Å². The normalized spacial score (nSPS) is 23.3. The monoisotopic (exact) mass is 382 g/mol. The van der Waals surface area contributed by atoms with Crippen molar-refractivity contribution in [1.29, 1.82) is 0 Å². The first kappa shape index (κ1) is 13.2. The molecule has 0 spiro atoms. The molecule has 0 aromatic carbocycles. The molecule has 2 aromatic heterocycles.